The number of rotatable bonds is 3. The van der Waals surface area contributed by atoms with E-state index in [1.807, 2.05) is 23.5 Å². The summed E-state index contributed by atoms with van der Waals surface area (Å²) in [7, 11) is 0. The van der Waals surface area contributed by atoms with Crippen molar-refractivity contribution in [3.8, 4) is 44.8 Å². The highest BCUT2D eigenvalue weighted by Crippen LogP contribution is 2.65. The molecule has 4 heterocycles. The smallest absolute Gasteiger partial charge is 0.0736 e. The first-order valence-electron chi connectivity index (χ1n) is 30.2. The summed E-state index contributed by atoms with van der Waals surface area (Å²) in [5, 5.41) is 10.00. The van der Waals surface area contributed by atoms with Gasteiger partial charge in [0.15, 0.2) is 0 Å². The fourth-order valence-electron chi connectivity index (χ4n) is 16.5. The van der Waals surface area contributed by atoms with Crippen molar-refractivity contribution in [2.24, 2.45) is 0 Å². The summed E-state index contributed by atoms with van der Waals surface area (Å²) in [4.78, 5) is 5.23. The molecule has 87 heavy (non-hydrogen) atoms. The minimum Gasteiger partial charge on any atom is -0.309 e. The second kappa shape index (κ2) is 17.5. The van der Waals surface area contributed by atoms with Crippen LogP contribution in [0.1, 0.15) is 50.1 Å². The SMILES string of the molecule is Cc1ccc(-n2c3ccc(-c4ccc5cc(-n6c7cc8c(cc7c7c9ccccc9ccc76)Sc6ccccc6C86c7ccccc7-c7ccccc76)ccc5c4)cc3c3cc4c(cc32)C2(c3ccccc3S4)c3ccccc3-c3ccccc32)cc1. The molecule has 0 radical (unpaired) electrons. The van der Waals surface area contributed by atoms with Gasteiger partial charge in [-0.2, -0.15) is 0 Å². The molecule has 0 N–H and O–H groups in total. The van der Waals surface area contributed by atoms with Gasteiger partial charge in [-0.05, 0) is 191 Å². The molecular formula is C83H50N2S2. The zero-order chi connectivity index (χ0) is 56.9. The number of nitrogens with zero attached hydrogens (tertiary/aromatic N) is 2. The van der Waals surface area contributed by atoms with Gasteiger partial charge in [0.25, 0.3) is 0 Å². The topological polar surface area (TPSA) is 9.86 Å². The minimum atomic E-state index is -0.483. The van der Waals surface area contributed by atoms with Crippen LogP contribution in [0.4, 0.5) is 0 Å². The van der Waals surface area contributed by atoms with E-state index >= 15 is 0 Å². The number of fused-ring (bicyclic) bond motifs is 27. The molecule has 0 bridgehead atoms. The Bertz CT molecular complexity index is 5650. The maximum atomic E-state index is 2.57. The fraction of sp³-hybridized carbons (Fsp3) is 0.0361. The van der Waals surface area contributed by atoms with Crippen LogP contribution in [0.3, 0.4) is 0 Å². The summed E-state index contributed by atoms with van der Waals surface area (Å²) in [6, 6.07) is 109. The number of aromatic nitrogens is 2. The Morgan fingerprint density at radius 3 is 1.32 bits per heavy atom. The van der Waals surface area contributed by atoms with Gasteiger partial charge in [0.05, 0.1) is 32.9 Å². The Balaban J connectivity index is 0.768. The van der Waals surface area contributed by atoms with E-state index in [1.165, 1.54) is 168 Å². The molecule has 4 aliphatic rings. The molecule has 2 aliphatic heterocycles. The summed E-state index contributed by atoms with van der Waals surface area (Å²) >= 11 is 3.84. The molecule has 0 saturated carbocycles. The van der Waals surface area contributed by atoms with Crippen LogP contribution in [0.2, 0.25) is 0 Å². The predicted octanol–water partition coefficient (Wildman–Crippen LogP) is 21.8. The van der Waals surface area contributed by atoms with Crippen molar-refractivity contribution in [2.45, 2.75) is 37.3 Å². The van der Waals surface area contributed by atoms with Crippen molar-refractivity contribution in [3.05, 3.63) is 335 Å². The Morgan fingerprint density at radius 1 is 0.264 bits per heavy atom. The zero-order valence-electron chi connectivity index (χ0n) is 47.3. The number of hydrogen-bond donors (Lipinski definition) is 0. The van der Waals surface area contributed by atoms with Crippen LogP contribution in [0, 0.1) is 6.92 Å². The summed E-state index contributed by atoms with van der Waals surface area (Å²) in [5.41, 5.74) is 25.9. The molecule has 2 aromatic heterocycles. The number of benzene rings is 14. The molecule has 0 fully saturated rings. The van der Waals surface area contributed by atoms with Gasteiger partial charge >= 0.3 is 0 Å². The second-order valence-electron chi connectivity index (χ2n) is 24.3. The van der Waals surface area contributed by atoms with Crippen LogP contribution >= 0.6 is 23.5 Å². The van der Waals surface area contributed by atoms with Crippen molar-refractivity contribution < 1.29 is 0 Å². The third kappa shape index (κ3) is 6.28. The Labute approximate surface area is 511 Å². The van der Waals surface area contributed by atoms with Crippen molar-refractivity contribution >= 4 is 88.7 Å². The van der Waals surface area contributed by atoms with Crippen LogP contribution in [-0.2, 0) is 10.8 Å². The van der Waals surface area contributed by atoms with Gasteiger partial charge in [0.2, 0.25) is 0 Å². The molecule has 2 nitrogen and oxygen atoms in total. The fourth-order valence-corrected chi connectivity index (χ4v) is 18.9. The molecule has 4 heteroatoms. The van der Waals surface area contributed by atoms with Gasteiger partial charge in [-0.25, -0.2) is 0 Å². The third-order valence-corrected chi connectivity index (χ3v) is 22.3. The first kappa shape index (κ1) is 48.2. The molecule has 2 aliphatic carbocycles. The van der Waals surface area contributed by atoms with E-state index in [-0.39, 0.29) is 0 Å². The monoisotopic (exact) mass is 1140 g/mol. The average molecular weight is 1140 g/mol. The van der Waals surface area contributed by atoms with Crippen LogP contribution in [0.25, 0.3) is 110 Å². The standard InChI is InChI=1S/C83H50N2S2/c1-49-30-37-55(38-31-49)84-73-40-36-54(44-62(73)63-45-79-71(47-75(63)84)82(69-26-12-14-28-77(69)86-79)65-22-8-4-18-58(65)59-19-5-9-23-66(59)82)51-32-33-53-43-56(39-34-52(53)42-51)85-74-41-35-50-16-2-3-17-57(50)81(74)64-46-80-72(48-76(64)85)83(70-27-13-15-29-78(70)87-80)67-24-10-6-20-60(67)61-21-7-11-25-68(61)83/h2-48H,1H3. The molecule has 0 atom stereocenters. The Morgan fingerprint density at radius 2 is 0.701 bits per heavy atom. The zero-order valence-corrected chi connectivity index (χ0v) is 49.0. The quantitative estimate of drug-likeness (QED) is 0.174. The van der Waals surface area contributed by atoms with Gasteiger partial charge in [-0.3, -0.25) is 0 Å². The van der Waals surface area contributed by atoms with Crippen molar-refractivity contribution in [1.29, 1.82) is 0 Å². The van der Waals surface area contributed by atoms with E-state index in [0.717, 1.165) is 11.4 Å². The lowest BCUT2D eigenvalue weighted by Crippen LogP contribution is -2.32. The number of hydrogen-bond acceptors (Lipinski definition) is 2. The van der Waals surface area contributed by atoms with Crippen molar-refractivity contribution in [1.82, 2.24) is 9.13 Å². The van der Waals surface area contributed by atoms with Crippen LogP contribution in [0.5, 0.6) is 0 Å². The lowest BCUT2D eigenvalue weighted by Gasteiger charge is -2.39. The summed E-state index contributed by atoms with van der Waals surface area (Å²) in [6.07, 6.45) is 0. The summed E-state index contributed by atoms with van der Waals surface area (Å²) in [5.74, 6) is 0. The van der Waals surface area contributed by atoms with Gasteiger partial charge in [0.1, 0.15) is 0 Å². The first-order valence-corrected chi connectivity index (χ1v) is 31.8. The molecule has 0 saturated heterocycles. The molecule has 2 spiro atoms. The summed E-state index contributed by atoms with van der Waals surface area (Å²) in [6.45, 7) is 2.18. The molecular weight excluding hydrogens is 1090 g/mol. The van der Waals surface area contributed by atoms with Gasteiger partial charge in [-0.1, -0.05) is 229 Å². The normalized spacial score (nSPS) is 14.4. The maximum absolute atomic E-state index is 2.57. The summed E-state index contributed by atoms with van der Waals surface area (Å²) < 4.78 is 5.06. The largest absolute Gasteiger partial charge is 0.309 e. The molecule has 16 aromatic rings. The molecule has 20 rings (SSSR count). The lowest BCUT2D eigenvalue weighted by molar-refractivity contribution is 0.724. The van der Waals surface area contributed by atoms with Crippen LogP contribution in [0.15, 0.2) is 305 Å². The van der Waals surface area contributed by atoms with E-state index in [9.17, 15) is 0 Å². The van der Waals surface area contributed by atoms with Gasteiger partial charge < -0.3 is 9.13 Å². The molecule has 14 aromatic carbocycles. The first-order chi connectivity index (χ1) is 43.0. The van der Waals surface area contributed by atoms with E-state index in [2.05, 4.69) is 301 Å². The lowest BCUT2D eigenvalue weighted by atomic mass is 9.67. The molecule has 0 unspecified atom stereocenters. The Kier molecular flexibility index (Phi) is 9.70. The highest BCUT2D eigenvalue weighted by Gasteiger charge is 2.52. The highest BCUT2D eigenvalue weighted by atomic mass is 32.2. The highest BCUT2D eigenvalue weighted by molar-refractivity contribution is 7.99. The Hall–Kier alpha value is -10.1. The number of aryl methyl sites for hydroxylation is 1. The molecule has 404 valence electrons. The maximum Gasteiger partial charge on any atom is 0.0736 e. The minimum absolute atomic E-state index is 0.469. The van der Waals surface area contributed by atoms with Gasteiger partial charge in [0, 0.05) is 52.5 Å². The van der Waals surface area contributed by atoms with Crippen molar-refractivity contribution in [3.63, 3.8) is 0 Å². The van der Waals surface area contributed by atoms with E-state index in [0.29, 0.717) is 0 Å². The van der Waals surface area contributed by atoms with E-state index in [4.69, 9.17) is 0 Å². The second-order valence-corrected chi connectivity index (χ2v) is 26.4. The van der Waals surface area contributed by atoms with Crippen LogP contribution < -0.4 is 0 Å². The van der Waals surface area contributed by atoms with Crippen molar-refractivity contribution in [2.75, 3.05) is 0 Å². The average Bonchev–Trinajstić information content (AvgIpc) is 1.70. The predicted molar refractivity (Wildman–Crippen MR) is 363 cm³/mol. The van der Waals surface area contributed by atoms with E-state index < -0.39 is 10.8 Å². The van der Waals surface area contributed by atoms with Crippen LogP contribution in [-0.4, -0.2) is 9.13 Å². The van der Waals surface area contributed by atoms with E-state index in [1.54, 1.807) is 0 Å². The van der Waals surface area contributed by atoms with Gasteiger partial charge in [-0.15, -0.1) is 0 Å². The third-order valence-electron chi connectivity index (χ3n) is 20.1. The molecule has 0 amide bonds.